The van der Waals surface area contributed by atoms with Crippen molar-refractivity contribution in [2.24, 2.45) is 0 Å². The average Bonchev–Trinajstić information content (AvgIpc) is 2.41. The highest BCUT2D eigenvalue weighted by Gasteiger charge is 2.51. The molecule has 0 unspecified atom stereocenters. The fraction of sp³-hybridized carbons (Fsp3) is 1.00. The van der Waals surface area contributed by atoms with Crippen molar-refractivity contribution in [2.75, 3.05) is 0 Å². The Morgan fingerprint density at radius 2 is 1.24 bits per heavy atom. The van der Waals surface area contributed by atoms with Crippen molar-refractivity contribution in [3.8, 4) is 0 Å². The van der Waals surface area contributed by atoms with E-state index in [2.05, 4.69) is 67.0 Å². The molecule has 0 aliphatic rings. The molecule has 5 heteroatoms. The van der Waals surface area contributed by atoms with Crippen LogP contribution in [-0.2, 0) is 8.85 Å². The van der Waals surface area contributed by atoms with Crippen LogP contribution in [0.5, 0.6) is 0 Å². The van der Waals surface area contributed by atoms with Crippen molar-refractivity contribution in [3.63, 3.8) is 0 Å². The van der Waals surface area contributed by atoms with Crippen molar-refractivity contribution in [1.29, 1.82) is 0 Å². The second-order valence-corrected chi connectivity index (χ2v) is 17.2. The molecule has 0 aliphatic heterocycles. The molecule has 0 bridgehead atoms. The molecule has 2 nitrogen and oxygen atoms in total. The van der Waals surface area contributed by atoms with E-state index in [9.17, 15) is 0 Å². The maximum Gasteiger partial charge on any atom is 0.217 e. The van der Waals surface area contributed by atoms with Gasteiger partial charge in [0, 0.05) is 5.22 Å². The molecule has 0 saturated heterocycles. The first kappa shape index (κ1) is 21.6. The zero-order valence-corrected chi connectivity index (χ0v) is 19.6. The molecule has 128 valence electrons. The Labute approximate surface area is 138 Å². The predicted octanol–water partition coefficient (Wildman–Crippen LogP) is 4.89. The Kier molecular flexibility index (Phi) is 8.66. The van der Waals surface area contributed by atoms with Crippen molar-refractivity contribution < 1.29 is 8.85 Å². The lowest BCUT2D eigenvalue weighted by Crippen LogP contribution is -2.64. The molecule has 0 saturated carbocycles. The maximum atomic E-state index is 7.03. The lowest BCUT2D eigenvalue weighted by atomic mass is 10.2. The Balaban J connectivity index is 5.57. The lowest BCUT2D eigenvalue weighted by molar-refractivity contribution is 0.0599. The fourth-order valence-corrected chi connectivity index (χ4v) is 13.5. The van der Waals surface area contributed by atoms with Crippen LogP contribution in [-0.4, -0.2) is 36.6 Å². The van der Waals surface area contributed by atoms with E-state index >= 15 is 0 Å². The van der Waals surface area contributed by atoms with Crippen LogP contribution in [0.2, 0.25) is 39.3 Å². The van der Waals surface area contributed by atoms with Gasteiger partial charge in [0.2, 0.25) is 8.32 Å². The van der Waals surface area contributed by atoms with Crippen molar-refractivity contribution in [3.05, 3.63) is 0 Å². The average molecular weight is 349 g/mol. The first-order valence-electron chi connectivity index (χ1n) is 8.94. The van der Waals surface area contributed by atoms with Gasteiger partial charge in [-0.3, -0.25) is 0 Å². The molecule has 0 heterocycles. The van der Waals surface area contributed by atoms with Crippen LogP contribution in [0.3, 0.4) is 0 Å². The zero-order valence-electron chi connectivity index (χ0n) is 16.3. The van der Waals surface area contributed by atoms with E-state index < -0.39 is 26.2 Å². The summed E-state index contributed by atoms with van der Waals surface area (Å²) in [6.45, 7) is 23.4. The monoisotopic (exact) mass is 348 g/mol. The third kappa shape index (κ3) is 4.77. The van der Waals surface area contributed by atoms with E-state index in [1.54, 1.807) is 0 Å². The van der Waals surface area contributed by atoms with Crippen molar-refractivity contribution >= 4 is 26.2 Å². The van der Waals surface area contributed by atoms with Crippen LogP contribution in [0.25, 0.3) is 0 Å². The van der Waals surface area contributed by atoms with Gasteiger partial charge in [0.1, 0.15) is 0 Å². The van der Waals surface area contributed by atoms with Crippen molar-refractivity contribution in [2.45, 2.75) is 103 Å². The SMILES string of the molecule is CCC(CC)(O[Si](C)(C)C(CC)(CC)O[SiH](C)C)[SiH](C)C. The number of rotatable bonds is 10. The Morgan fingerprint density at radius 1 is 0.810 bits per heavy atom. The summed E-state index contributed by atoms with van der Waals surface area (Å²) in [5.41, 5.74) is 0. The summed E-state index contributed by atoms with van der Waals surface area (Å²) >= 11 is 0. The van der Waals surface area contributed by atoms with E-state index in [0.717, 1.165) is 25.7 Å². The minimum absolute atomic E-state index is 0.00767. The van der Waals surface area contributed by atoms with Gasteiger partial charge in [-0.2, -0.15) is 0 Å². The van der Waals surface area contributed by atoms with E-state index in [1.165, 1.54) is 0 Å². The normalized spacial score (nSPS) is 14.3. The third-order valence-corrected chi connectivity index (χ3v) is 13.8. The van der Waals surface area contributed by atoms with Gasteiger partial charge in [-0.25, -0.2) is 0 Å². The molecule has 0 atom stereocenters. The maximum absolute atomic E-state index is 7.03. The molecule has 0 fully saturated rings. The van der Waals surface area contributed by atoms with Gasteiger partial charge in [-0.1, -0.05) is 40.8 Å². The molecule has 0 aromatic carbocycles. The van der Waals surface area contributed by atoms with E-state index in [1.807, 2.05) is 0 Å². The molecule has 0 aromatic rings. The Morgan fingerprint density at radius 3 is 1.48 bits per heavy atom. The molecule has 0 radical (unpaired) electrons. The number of hydrogen-bond donors (Lipinski definition) is 0. The smallest absolute Gasteiger partial charge is 0.217 e. The predicted molar refractivity (Wildman–Crippen MR) is 104 cm³/mol. The number of hydrogen-bond acceptors (Lipinski definition) is 2. The van der Waals surface area contributed by atoms with Crippen LogP contribution >= 0.6 is 0 Å². The van der Waals surface area contributed by atoms with Crippen LogP contribution in [0, 0.1) is 0 Å². The lowest BCUT2D eigenvalue weighted by Gasteiger charge is -2.51. The summed E-state index contributed by atoms with van der Waals surface area (Å²) in [5, 5.41) is 0.138. The molecule has 0 spiro atoms. The summed E-state index contributed by atoms with van der Waals surface area (Å²) in [7, 11) is -3.90. The minimum Gasteiger partial charge on any atom is -0.415 e. The van der Waals surface area contributed by atoms with Gasteiger partial charge < -0.3 is 8.85 Å². The molecule has 0 aliphatic carbocycles. The van der Waals surface area contributed by atoms with Crippen LogP contribution in [0.15, 0.2) is 0 Å². The summed E-state index contributed by atoms with van der Waals surface area (Å²) in [6, 6.07) is 0. The highest BCUT2D eigenvalue weighted by Crippen LogP contribution is 2.39. The van der Waals surface area contributed by atoms with Crippen molar-refractivity contribution in [1.82, 2.24) is 0 Å². The molecular formula is C16H40O2Si3. The second kappa shape index (κ2) is 8.43. The minimum atomic E-state index is -1.94. The van der Waals surface area contributed by atoms with E-state index in [0.29, 0.717) is 0 Å². The fourth-order valence-electron chi connectivity index (χ4n) is 3.79. The van der Waals surface area contributed by atoms with Crippen LogP contribution in [0.1, 0.15) is 53.4 Å². The van der Waals surface area contributed by atoms with Gasteiger partial charge in [-0.15, -0.1) is 0 Å². The van der Waals surface area contributed by atoms with Crippen LogP contribution < -0.4 is 0 Å². The van der Waals surface area contributed by atoms with Gasteiger partial charge in [0.15, 0.2) is 9.04 Å². The van der Waals surface area contributed by atoms with Gasteiger partial charge in [0.05, 0.1) is 14.0 Å². The van der Waals surface area contributed by atoms with E-state index in [4.69, 9.17) is 8.85 Å². The molecule has 21 heavy (non-hydrogen) atoms. The first-order valence-corrected chi connectivity index (χ1v) is 17.5. The van der Waals surface area contributed by atoms with Crippen LogP contribution in [0.4, 0.5) is 0 Å². The molecule has 0 amide bonds. The highest BCUT2D eigenvalue weighted by atomic mass is 28.4. The van der Waals surface area contributed by atoms with Gasteiger partial charge in [-0.05, 0) is 51.9 Å². The summed E-state index contributed by atoms with van der Waals surface area (Å²) in [6.07, 6.45) is 4.45. The molecular weight excluding hydrogens is 308 g/mol. The molecule has 0 N–H and O–H groups in total. The third-order valence-electron chi connectivity index (χ3n) is 5.41. The van der Waals surface area contributed by atoms with Gasteiger partial charge >= 0.3 is 0 Å². The highest BCUT2D eigenvalue weighted by molar-refractivity contribution is 6.76. The standard InChI is InChI=1S/C16H40O2Si3/c1-11-15(12-2,19(5)6)18-21(9,10)16(13-3,14-4)17-20(7)8/h19-20H,11-14H2,1-10H3. The Hall–Kier alpha value is 0.571. The molecule has 0 aromatic heterocycles. The summed E-state index contributed by atoms with van der Waals surface area (Å²) in [4.78, 5) is 0. The summed E-state index contributed by atoms with van der Waals surface area (Å²) in [5.74, 6) is 0. The topological polar surface area (TPSA) is 18.5 Å². The summed E-state index contributed by atoms with van der Waals surface area (Å²) < 4.78 is 13.6. The second-order valence-electron chi connectivity index (χ2n) is 7.41. The first-order chi connectivity index (χ1) is 9.56. The largest absolute Gasteiger partial charge is 0.415 e. The Bertz CT molecular complexity index is 296. The quantitative estimate of drug-likeness (QED) is 0.523. The van der Waals surface area contributed by atoms with Gasteiger partial charge in [0.25, 0.3) is 0 Å². The molecule has 0 rings (SSSR count). The zero-order chi connectivity index (χ0) is 16.9. The van der Waals surface area contributed by atoms with E-state index in [-0.39, 0.29) is 10.4 Å².